The molecule has 0 spiro atoms. The molecule has 2 N–H and O–H groups in total. The maximum absolute atomic E-state index is 6.08. The van der Waals surface area contributed by atoms with Gasteiger partial charge < -0.3 is 5.73 Å². The second kappa shape index (κ2) is 4.91. The van der Waals surface area contributed by atoms with Crippen LogP contribution in [-0.4, -0.2) is 29.5 Å². The van der Waals surface area contributed by atoms with Crippen LogP contribution >= 0.6 is 11.8 Å². The number of nitrogen functional groups attached to an aromatic ring is 1. The summed E-state index contributed by atoms with van der Waals surface area (Å²) in [6.45, 7) is 3.53. The van der Waals surface area contributed by atoms with Crippen LogP contribution in [0.4, 0.5) is 5.69 Å². The van der Waals surface area contributed by atoms with Gasteiger partial charge in [0, 0.05) is 25.3 Å². The third-order valence-electron chi connectivity index (χ3n) is 3.93. The van der Waals surface area contributed by atoms with Crippen LogP contribution in [0.3, 0.4) is 0 Å². The summed E-state index contributed by atoms with van der Waals surface area (Å²) in [6.07, 6.45) is 2.57. The Morgan fingerprint density at radius 3 is 3.18 bits per heavy atom. The van der Waals surface area contributed by atoms with Crippen LogP contribution in [-0.2, 0) is 13.0 Å². The molecule has 2 heterocycles. The molecular formula is C14H20N2S. The Labute approximate surface area is 108 Å². The lowest BCUT2D eigenvalue weighted by Gasteiger charge is -2.31. The number of hydrogen-bond acceptors (Lipinski definition) is 3. The van der Waals surface area contributed by atoms with Gasteiger partial charge in [-0.1, -0.05) is 12.1 Å². The van der Waals surface area contributed by atoms with E-state index >= 15 is 0 Å². The third-order valence-corrected chi connectivity index (χ3v) is 5.16. The van der Waals surface area contributed by atoms with Crippen molar-refractivity contribution in [1.82, 2.24) is 4.90 Å². The minimum absolute atomic E-state index is 0.909. The van der Waals surface area contributed by atoms with Gasteiger partial charge in [0.15, 0.2) is 0 Å². The highest BCUT2D eigenvalue weighted by atomic mass is 32.2. The van der Waals surface area contributed by atoms with E-state index in [-0.39, 0.29) is 0 Å². The molecule has 0 amide bonds. The molecule has 17 heavy (non-hydrogen) atoms. The van der Waals surface area contributed by atoms with Gasteiger partial charge in [-0.15, -0.1) is 0 Å². The molecule has 1 fully saturated rings. The minimum Gasteiger partial charge on any atom is -0.398 e. The van der Waals surface area contributed by atoms with Crippen molar-refractivity contribution in [2.24, 2.45) is 5.92 Å². The predicted octanol–water partition coefficient (Wildman–Crippen LogP) is 2.38. The van der Waals surface area contributed by atoms with Crippen LogP contribution in [0.1, 0.15) is 17.5 Å². The average Bonchev–Trinajstić information content (AvgIpc) is 2.83. The largest absolute Gasteiger partial charge is 0.398 e. The number of hydrogen-bond donors (Lipinski definition) is 1. The quantitative estimate of drug-likeness (QED) is 0.815. The Hall–Kier alpha value is -0.670. The van der Waals surface area contributed by atoms with Gasteiger partial charge in [-0.25, -0.2) is 0 Å². The fraction of sp³-hybridized carbons (Fsp3) is 0.571. The van der Waals surface area contributed by atoms with E-state index in [4.69, 9.17) is 5.73 Å². The van der Waals surface area contributed by atoms with Crippen LogP contribution < -0.4 is 5.73 Å². The van der Waals surface area contributed by atoms with Crippen LogP contribution in [0.2, 0.25) is 0 Å². The van der Waals surface area contributed by atoms with E-state index in [9.17, 15) is 0 Å². The number of fused-ring (bicyclic) bond motifs is 1. The molecule has 0 aliphatic carbocycles. The predicted molar refractivity (Wildman–Crippen MR) is 75.3 cm³/mol. The molecule has 0 bridgehead atoms. The van der Waals surface area contributed by atoms with E-state index in [2.05, 4.69) is 28.8 Å². The number of rotatable bonds is 2. The van der Waals surface area contributed by atoms with Gasteiger partial charge in [0.05, 0.1) is 0 Å². The van der Waals surface area contributed by atoms with Crippen LogP contribution in [0.25, 0.3) is 0 Å². The first-order valence-corrected chi connectivity index (χ1v) is 7.65. The highest BCUT2D eigenvalue weighted by Gasteiger charge is 2.23. The fourth-order valence-electron chi connectivity index (χ4n) is 2.91. The van der Waals surface area contributed by atoms with Gasteiger partial charge in [-0.2, -0.15) is 11.8 Å². The summed E-state index contributed by atoms with van der Waals surface area (Å²) >= 11 is 2.11. The zero-order chi connectivity index (χ0) is 11.7. The fourth-order valence-corrected chi connectivity index (χ4v) is 4.18. The van der Waals surface area contributed by atoms with Crippen LogP contribution in [0.15, 0.2) is 18.2 Å². The summed E-state index contributed by atoms with van der Waals surface area (Å²) < 4.78 is 0. The van der Waals surface area contributed by atoms with E-state index in [1.54, 1.807) is 0 Å². The summed E-state index contributed by atoms with van der Waals surface area (Å²) in [5, 5.41) is 0. The van der Waals surface area contributed by atoms with Gasteiger partial charge in [-0.3, -0.25) is 4.90 Å². The van der Waals surface area contributed by atoms with E-state index in [1.165, 1.54) is 48.6 Å². The van der Waals surface area contributed by atoms with Crippen molar-refractivity contribution in [3.8, 4) is 0 Å². The molecule has 1 atom stereocenters. The van der Waals surface area contributed by atoms with Crippen molar-refractivity contribution < 1.29 is 0 Å². The van der Waals surface area contributed by atoms with Crippen LogP contribution in [0.5, 0.6) is 0 Å². The smallest absolute Gasteiger partial charge is 0.0362 e. The van der Waals surface area contributed by atoms with Crippen molar-refractivity contribution in [2.45, 2.75) is 19.4 Å². The number of benzene rings is 1. The topological polar surface area (TPSA) is 29.3 Å². The Morgan fingerprint density at radius 1 is 1.41 bits per heavy atom. The number of nitrogens with zero attached hydrogens (tertiary/aromatic N) is 1. The van der Waals surface area contributed by atoms with Crippen molar-refractivity contribution in [3.63, 3.8) is 0 Å². The van der Waals surface area contributed by atoms with Crippen LogP contribution in [0, 0.1) is 5.92 Å². The number of thioether (sulfide) groups is 1. The molecule has 2 aliphatic rings. The lowest BCUT2D eigenvalue weighted by atomic mass is 9.97. The second-order valence-corrected chi connectivity index (χ2v) is 6.35. The second-order valence-electron chi connectivity index (χ2n) is 5.20. The van der Waals surface area contributed by atoms with Crippen molar-refractivity contribution in [3.05, 3.63) is 29.3 Å². The highest BCUT2D eigenvalue weighted by Crippen LogP contribution is 2.28. The first-order chi connectivity index (χ1) is 8.33. The molecule has 3 heteroatoms. The molecule has 1 unspecified atom stereocenters. The normalized spacial score (nSPS) is 24.8. The summed E-state index contributed by atoms with van der Waals surface area (Å²) in [5.41, 5.74) is 9.90. The van der Waals surface area contributed by atoms with E-state index < -0.39 is 0 Å². The van der Waals surface area contributed by atoms with Crippen molar-refractivity contribution in [1.29, 1.82) is 0 Å². The Bertz CT molecular complexity index is 399. The van der Waals surface area contributed by atoms with Gasteiger partial charge >= 0.3 is 0 Å². The monoisotopic (exact) mass is 248 g/mol. The Morgan fingerprint density at radius 2 is 2.35 bits per heavy atom. The standard InChI is InChI=1S/C14H20N2S/c15-14-3-1-2-12-4-6-16(9-13(12)14)8-11-5-7-17-10-11/h1-3,11H,4-10,15H2. The molecule has 0 radical (unpaired) electrons. The van der Waals surface area contributed by atoms with Crippen molar-refractivity contribution in [2.75, 3.05) is 30.3 Å². The maximum Gasteiger partial charge on any atom is 0.0362 e. The third kappa shape index (κ3) is 2.45. The Balaban J connectivity index is 1.69. The van der Waals surface area contributed by atoms with E-state index in [1.807, 2.05) is 6.07 Å². The number of anilines is 1. The molecule has 2 aliphatic heterocycles. The molecule has 1 aromatic carbocycles. The molecule has 3 rings (SSSR count). The zero-order valence-electron chi connectivity index (χ0n) is 10.2. The minimum atomic E-state index is 0.909. The van der Waals surface area contributed by atoms with Crippen molar-refractivity contribution >= 4 is 17.4 Å². The lowest BCUT2D eigenvalue weighted by Crippen LogP contribution is -2.35. The Kier molecular flexibility index (Phi) is 3.30. The maximum atomic E-state index is 6.08. The molecule has 1 aromatic rings. The molecule has 0 saturated carbocycles. The van der Waals surface area contributed by atoms with E-state index in [0.717, 1.165) is 18.2 Å². The number of nitrogens with two attached hydrogens (primary N) is 1. The first-order valence-electron chi connectivity index (χ1n) is 6.49. The summed E-state index contributed by atoms with van der Waals surface area (Å²) in [5.74, 6) is 3.62. The molecular weight excluding hydrogens is 228 g/mol. The molecule has 1 saturated heterocycles. The van der Waals surface area contributed by atoms with E-state index in [0.29, 0.717) is 0 Å². The first kappa shape index (κ1) is 11.4. The van der Waals surface area contributed by atoms with Gasteiger partial charge in [0.25, 0.3) is 0 Å². The van der Waals surface area contributed by atoms with Gasteiger partial charge in [0.1, 0.15) is 0 Å². The zero-order valence-corrected chi connectivity index (χ0v) is 11.0. The lowest BCUT2D eigenvalue weighted by molar-refractivity contribution is 0.222. The molecule has 0 aromatic heterocycles. The molecule has 2 nitrogen and oxygen atoms in total. The summed E-state index contributed by atoms with van der Waals surface area (Å²) in [6, 6.07) is 6.35. The van der Waals surface area contributed by atoms with Gasteiger partial charge in [0.2, 0.25) is 0 Å². The SMILES string of the molecule is Nc1cccc2c1CN(CC1CCSC1)CC2. The summed E-state index contributed by atoms with van der Waals surface area (Å²) in [7, 11) is 0. The summed E-state index contributed by atoms with van der Waals surface area (Å²) in [4.78, 5) is 2.59. The average molecular weight is 248 g/mol. The highest BCUT2D eigenvalue weighted by molar-refractivity contribution is 7.99. The molecule has 92 valence electrons. The van der Waals surface area contributed by atoms with Gasteiger partial charge in [-0.05, 0) is 47.5 Å².